The molecule has 0 unspecified atom stereocenters. The summed E-state index contributed by atoms with van der Waals surface area (Å²) in [7, 11) is 0. The Balaban J connectivity index is 1.49. The van der Waals surface area contributed by atoms with Gasteiger partial charge in [-0.15, -0.1) is 0 Å². The van der Waals surface area contributed by atoms with Gasteiger partial charge in [-0.25, -0.2) is 4.98 Å². The number of hydrogen-bond acceptors (Lipinski definition) is 5. The minimum absolute atomic E-state index is 0.135. The Morgan fingerprint density at radius 1 is 0.862 bits per heavy atom. The van der Waals surface area contributed by atoms with Crippen molar-refractivity contribution < 1.29 is 19.1 Å². The Labute approximate surface area is 167 Å². The van der Waals surface area contributed by atoms with Gasteiger partial charge < -0.3 is 20.1 Å². The highest BCUT2D eigenvalue weighted by molar-refractivity contribution is 6.06. The number of carbonyl (C=O) groups is 2. The van der Waals surface area contributed by atoms with Gasteiger partial charge in [-0.3, -0.25) is 9.59 Å². The third-order valence-corrected chi connectivity index (χ3v) is 4.70. The fraction of sp³-hybridized carbons (Fsp3) is 0.136. The summed E-state index contributed by atoms with van der Waals surface area (Å²) in [6.07, 6.45) is 0. The van der Waals surface area contributed by atoms with Crippen LogP contribution in [0, 0.1) is 13.8 Å². The molecule has 0 spiro atoms. The average molecular weight is 389 g/mol. The molecule has 146 valence electrons. The number of carbonyl (C=O) groups excluding carboxylic acids is 2. The maximum absolute atomic E-state index is 12.6. The predicted molar refractivity (Wildman–Crippen MR) is 109 cm³/mol. The van der Waals surface area contributed by atoms with E-state index < -0.39 is 5.91 Å². The second-order valence-electron chi connectivity index (χ2n) is 6.63. The van der Waals surface area contributed by atoms with Crippen molar-refractivity contribution in [2.75, 3.05) is 17.4 Å². The van der Waals surface area contributed by atoms with E-state index in [1.807, 2.05) is 32.0 Å². The molecule has 0 saturated carbocycles. The number of rotatable bonds is 4. The Kier molecular flexibility index (Phi) is 4.87. The van der Waals surface area contributed by atoms with Crippen molar-refractivity contribution in [3.63, 3.8) is 0 Å². The van der Waals surface area contributed by atoms with E-state index in [4.69, 9.17) is 9.47 Å². The summed E-state index contributed by atoms with van der Waals surface area (Å²) in [6, 6.07) is 15.5. The number of aryl methyl sites for hydroxylation is 1. The molecule has 0 atom stereocenters. The molecule has 0 aliphatic carbocycles. The molecule has 0 radical (unpaired) electrons. The number of nitrogens with one attached hydrogen (secondary N) is 2. The van der Waals surface area contributed by atoms with Gasteiger partial charge in [-0.2, -0.15) is 0 Å². The van der Waals surface area contributed by atoms with Crippen LogP contribution < -0.4 is 20.1 Å². The first-order chi connectivity index (χ1) is 14.0. The summed E-state index contributed by atoms with van der Waals surface area (Å²) in [4.78, 5) is 29.4. The van der Waals surface area contributed by atoms with Crippen molar-refractivity contribution in [3.05, 3.63) is 77.1 Å². The van der Waals surface area contributed by atoms with E-state index in [1.165, 1.54) is 0 Å². The standard InChI is InChI=1S/C22H19N3O4/c1-13-5-3-6-16(14(13)2)25-22(27)18-8-4-7-17(24-18)21(26)23-15-9-10-19-20(11-15)29-12-28-19/h3-11H,12H2,1-2H3,(H,23,26)(H,25,27). The van der Waals surface area contributed by atoms with Gasteiger partial charge in [0.2, 0.25) is 6.79 Å². The van der Waals surface area contributed by atoms with Crippen LogP contribution in [0.2, 0.25) is 0 Å². The highest BCUT2D eigenvalue weighted by atomic mass is 16.7. The maximum Gasteiger partial charge on any atom is 0.274 e. The number of nitrogens with zero attached hydrogens (tertiary/aromatic N) is 1. The molecule has 7 heteroatoms. The largest absolute Gasteiger partial charge is 0.454 e. The van der Waals surface area contributed by atoms with Gasteiger partial charge in [0, 0.05) is 17.4 Å². The van der Waals surface area contributed by atoms with Gasteiger partial charge >= 0.3 is 0 Å². The second kappa shape index (κ2) is 7.63. The first kappa shape index (κ1) is 18.5. The highest BCUT2D eigenvalue weighted by Gasteiger charge is 2.17. The van der Waals surface area contributed by atoms with E-state index in [0.29, 0.717) is 22.9 Å². The summed E-state index contributed by atoms with van der Waals surface area (Å²) in [5.41, 5.74) is 3.61. The van der Waals surface area contributed by atoms with E-state index in [0.717, 1.165) is 11.1 Å². The minimum atomic E-state index is -0.426. The van der Waals surface area contributed by atoms with Gasteiger partial charge in [0.25, 0.3) is 11.8 Å². The molecule has 2 amide bonds. The zero-order valence-corrected chi connectivity index (χ0v) is 16.0. The van der Waals surface area contributed by atoms with Gasteiger partial charge in [0.05, 0.1) is 0 Å². The molecular weight excluding hydrogens is 370 g/mol. The topological polar surface area (TPSA) is 89.6 Å². The first-order valence-electron chi connectivity index (χ1n) is 9.07. The quantitative estimate of drug-likeness (QED) is 0.706. The van der Waals surface area contributed by atoms with Crippen LogP contribution in [-0.2, 0) is 0 Å². The highest BCUT2D eigenvalue weighted by Crippen LogP contribution is 2.34. The van der Waals surface area contributed by atoms with Gasteiger partial charge in [0.15, 0.2) is 11.5 Å². The molecule has 1 aliphatic heterocycles. The molecule has 0 bridgehead atoms. The second-order valence-corrected chi connectivity index (χ2v) is 6.63. The Hall–Kier alpha value is -3.87. The summed E-state index contributed by atoms with van der Waals surface area (Å²) >= 11 is 0. The van der Waals surface area contributed by atoms with Crippen molar-refractivity contribution in [2.45, 2.75) is 13.8 Å². The number of pyridine rings is 1. The van der Waals surface area contributed by atoms with Crippen LogP contribution in [0.5, 0.6) is 11.5 Å². The first-order valence-corrected chi connectivity index (χ1v) is 9.07. The molecule has 2 N–H and O–H groups in total. The number of anilines is 2. The van der Waals surface area contributed by atoms with Crippen molar-refractivity contribution in [1.82, 2.24) is 4.98 Å². The monoisotopic (exact) mass is 389 g/mol. The number of benzene rings is 2. The molecule has 0 fully saturated rings. The number of fused-ring (bicyclic) bond motifs is 1. The Bertz CT molecular complexity index is 1110. The maximum atomic E-state index is 12.6. The van der Waals surface area contributed by atoms with E-state index in [2.05, 4.69) is 15.6 Å². The molecule has 3 aromatic rings. The van der Waals surface area contributed by atoms with E-state index in [-0.39, 0.29) is 24.1 Å². The molecule has 1 aromatic heterocycles. The SMILES string of the molecule is Cc1cccc(NC(=O)c2cccc(C(=O)Nc3ccc4c(c3)OCO4)n2)c1C. The van der Waals surface area contributed by atoms with Gasteiger partial charge in [0.1, 0.15) is 11.4 Å². The summed E-state index contributed by atoms with van der Waals surface area (Å²) in [5, 5.41) is 5.60. The summed E-state index contributed by atoms with van der Waals surface area (Å²) in [5.74, 6) is 0.394. The van der Waals surface area contributed by atoms with Crippen LogP contribution in [0.15, 0.2) is 54.6 Å². The van der Waals surface area contributed by atoms with Crippen molar-refractivity contribution >= 4 is 23.2 Å². The lowest BCUT2D eigenvalue weighted by atomic mass is 10.1. The van der Waals surface area contributed by atoms with Crippen LogP contribution in [0.3, 0.4) is 0 Å². The van der Waals surface area contributed by atoms with Crippen LogP contribution in [0.25, 0.3) is 0 Å². The van der Waals surface area contributed by atoms with Gasteiger partial charge in [-0.05, 0) is 55.3 Å². The molecule has 0 saturated heterocycles. The fourth-order valence-corrected chi connectivity index (χ4v) is 2.93. The van der Waals surface area contributed by atoms with Crippen molar-refractivity contribution in [2.24, 2.45) is 0 Å². The third-order valence-electron chi connectivity index (χ3n) is 4.70. The molecule has 4 rings (SSSR count). The number of aromatic nitrogens is 1. The van der Waals surface area contributed by atoms with Crippen molar-refractivity contribution in [3.8, 4) is 11.5 Å². The van der Waals surface area contributed by atoms with Crippen LogP contribution in [0.1, 0.15) is 32.1 Å². The molecule has 2 aromatic carbocycles. The predicted octanol–water partition coefficient (Wildman–Crippen LogP) is 3.93. The fourth-order valence-electron chi connectivity index (χ4n) is 2.93. The molecular formula is C22H19N3O4. The Morgan fingerprint density at radius 2 is 1.55 bits per heavy atom. The Morgan fingerprint density at radius 3 is 2.34 bits per heavy atom. The zero-order valence-electron chi connectivity index (χ0n) is 16.0. The van der Waals surface area contributed by atoms with E-state index in [9.17, 15) is 9.59 Å². The zero-order chi connectivity index (χ0) is 20.4. The number of amides is 2. The minimum Gasteiger partial charge on any atom is -0.454 e. The van der Waals surface area contributed by atoms with E-state index >= 15 is 0 Å². The van der Waals surface area contributed by atoms with Crippen LogP contribution in [0.4, 0.5) is 11.4 Å². The lowest BCUT2D eigenvalue weighted by Crippen LogP contribution is -2.19. The molecule has 2 heterocycles. The number of hydrogen-bond donors (Lipinski definition) is 2. The van der Waals surface area contributed by atoms with Crippen LogP contribution >= 0.6 is 0 Å². The van der Waals surface area contributed by atoms with Crippen LogP contribution in [-0.4, -0.2) is 23.6 Å². The average Bonchev–Trinajstić information content (AvgIpc) is 3.19. The smallest absolute Gasteiger partial charge is 0.274 e. The molecule has 1 aliphatic rings. The van der Waals surface area contributed by atoms with Crippen molar-refractivity contribution in [1.29, 1.82) is 0 Å². The lowest BCUT2D eigenvalue weighted by molar-refractivity contribution is 0.101. The molecule has 7 nitrogen and oxygen atoms in total. The molecule has 29 heavy (non-hydrogen) atoms. The lowest BCUT2D eigenvalue weighted by Gasteiger charge is -2.11. The summed E-state index contributed by atoms with van der Waals surface area (Å²) < 4.78 is 10.6. The summed E-state index contributed by atoms with van der Waals surface area (Å²) in [6.45, 7) is 4.07. The number of ether oxygens (including phenoxy) is 2. The van der Waals surface area contributed by atoms with E-state index in [1.54, 1.807) is 36.4 Å². The normalized spacial score (nSPS) is 11.8. The van der Waals surface area contributed by atoms with Gasteiger partial charge in [-0.1, -0.05) is 18.2 Å². The third kappa shape index (κ3) is 3.89.